The largest absolute Gasteiger partial charge is 0.337 e. The van der Waals surface area contributed by atoms with Gasteiger partial charge in [-0.1, -0.05) is 20.8 Å². The van der Waals surface area contributed by atoms with E-state index >= 15 is 0 Å². The maximum Gasteiger partial charge on any atom is 0.257 e. The fraction of sp³-hybridized carbons (Fsp3) is 0.750. The van der Waals surface area contributed by atoms with E-state index in [1.165, 1.54) is 12.8 Å². The molecule has 6 nitrogen and oxygen atoms in total. The summed E-state index contributed by atoms with van der Waals surface area (Å²) in [5, 5.41) is 4.37. The van der Waals surface area contributed by atoms with E-state index in [0.717, 1.165) is 25.2 Å². The van der Waals surface area contributed by atoms with Crippen LogP contribution in [0.3, 0.4) is 0 Å². The molecule has 1 aliphatic carbocycles. The first-order valence-corrected chi connectivity index (χ1v) is 10.0. The quantitative estimate of drug-likeness (QED) is 0.784. The van der Waals surface area contributed by atoms with Gasteiger partial charge < -0.3 is 9.80 Å². The molecule has 0 aromatic carbocycles. The first kappa shape index (κ1) is 18.9. The third-order valence-corrected chi connectivity index (χ3v) is 5.70. The van der Waals surface area contributed by atoms with Crippen LogP contribution in [0.4, 0.5) is 0 Å². The molecule has 0 N–H and O–H groups in total. The summed E-state index contributed by atoms with van der Waals surface area (Å²) in [6.07, 6.45) is 5.55. The molecule has 0 radical (unpaired) electrons. The first-order chi connectivity index (χ1) is 12.4. The summed E-state index contributed by atoms with van der Waals surface area (Å²) in [4.78, 5) is 29.8. The van der Waals surface area contributed by atoms with Crippen molar-refractivity contribution in [2.24, 2.45) is 11.8 Å². The standard InChI is InChI=1S/C20H32N4O2/c1-5-9-24-15(4)17(11-21-24)20(26)22-10-8-19(25)23(12-16-6-7-16)18(13-22)14(2)3/h11,14,16,18H,5-10,12-13H2,1-4H3/t18-/m1/s1. The van der Waals surface area contributed by atoms with E-state index in [1.807, 2.05) is 16.5 Å². The third kappa shape index (κ3) is 3.94. The Labute approximate surface area is 156 Å². The van der Waals surface area contributed by atoms with Crippen molar-refractivity contribution in [1.82, 2.24) is 19.6 Å². The monoisotopic (exact) mass is 360 g/mol. The minimum absolute atomic E-state index is 0.0107. The van der Waals surface area contributed by atoms with E-state index < -0.39 is 0 Å². The Balaban J connectivity index is 1.79. The van der Waals surface area contributed by atoms with Gasteiger partial charge in [0.15, 0.2) is 0 Å². The van der Waals surface area contributed by atoms with E-state index in [2.05, 4.69) is 30.8 Å². The van der Waals surface area contributed by atoms with Crippen molar-refractivity contribution in [2.75, 3.05) is 19.6 Å². The van der Waals surface area contributed by atoms with Crippen LogP contribution in [0.15, 0.2) is 6.20 Å². The summed E-state index contributed by atoms with van der Waals surface area (Å²) >= 11 is 0. The number of nitrogens with zero attached hydrogens (tertiary/aromatic N) is 4. The fourth-order valence-corrected chi connectivity index (χ4v) is 3.81. The van der Waals surface area contributed by atoms with Gasteiger partial charge in [0.1, 0.15) is 0 Å². The number of aromatic nitrogens is 2. The number of hydrogen-bond donors (Lipinski definition) is 0. The number of carbonyl (C=O) groups excluding carboxylic acids is 2. The minimum atomic E-state index is 0.0107. The van der Waals surface area contributed by atoms with Gasteiger partial charge in [-0.2, -0.15) is 5.10 Å². The van der Waals surface area contributed by atoms with Crippen molar-refractivity contribution in [1.29, 1.82) is 0 Å². The first-order valence-electron chi connectivity index (χ1n) is 10.0. The molecule has 2 amide bonds. The summed E-state index contributed by atoms with van der Waals surface area (Å²) < 4.78 is 1.90. The molecule has 1 saturated carbocycles. The van der Waals surface area contributed by atoms with Crippen molar-refractivity contribution in [3.63, 3.8) is 0 Å². The van der Waals surface area contributed by atoms with Crippen LogP contribution in [0.5, 0.6) is 0 Å². The zero-order valence-electron chi connectivity index (χ0n) is 16.6. The van der Waals surface area contributed by atoms with Crippen LogP contribution >= 0.6 is 0 Å². The Kier molecular flexibility index (Phi) is 5.68. The number of hydrogen-bond acceptors (Lipinski definition) is 3. The highest BCUT2D eigenvalue weighted by molar-refractivity contribution is 5.95. The molecule has 2 aliphatic rings. The maximum absolute atomic E-state index is 13.1. The summed E-state index contributed by atoms with van der Waals surface area (Å²) in [7, 11) is 0. The zero-order valence-corrected chi connectivity index (χ0v) is 16.6. The third-order valence-electron chi connectivity index (χ3n) is 5.70. The maximum atomic E-state index is 13.1. The Bertz CT molecular complexity index is 663. The molecule has 26 heavy (non-hydrogen) atoms. The average Bonchev–Trinajstić information content (AvgIpc) is 3.37. The van der Waals surface area contributed by atoms with Crippen molar-refractivity contribution >= 4 is 11.8 Å². The lowest BCUT2D eigenvalue weighted by molar-refractivity contribution is -0.133. The smallest absolute Gasteiger partial charge is 0.257 e. The van der Waals surface area contributed by atoms with Gasteiger partial charge in [-0.05, 0) is 38.0 Å². The van der Waals surface area contributed by atoms with Crippen LogP contribution in [0.25, 0.3) is 0 Å². The normalized spacial score (nSPS) is 21.4. The Morgan fingerprint density at radius 2 is 2.08 bits per heavy atom. The summed E-state index contributed by atoms with van der Waals surface area (Å²) in [6.45, 7) is 11.2. The molecule has 2 heterocycles. The molecular weight excluding hydrogens is 328 g/mol. The molecule has 3 rings (SSSR count). The topological polar surface area (TPSA) is 58.4 Å². The Morgan fingerprint density at radius 1 is 1.35 bits per heavy atom. The molecule has 1 aromatic heterocycles. The van der Waals surface area contributed by atoms with Gasteiger partial charge >= 0.3 is 0 Å². The predicted molar refractivity (Wildman–Crippen MR) is 101 cm³/mol. The predicted octanol–water partition coefficient (Wildman–Crippen LogP) is 2.71. The van der Waals surface area contributed by atoms with Gasteiger partial charge in [-0.3, -0.25) is 14.3 Å². The van der Waals surface area contributed by atoms with Gasteiger partial charge in [0, 0.05) is 38.3 Å². The van der Waals surface area contributed by atoms with Gasteiger partial charge in [-0.15, -0.1) is 0 Å². The van der Waals surface area contributed by atoms with Crippen LogP contribution in [-0.4, -0.2) is 57.1 Å². The highest BCUT2D eigenvalue weighted by Gasteiger charge is 2.37. The van der Waals surface area contributed by atoms with Gasteiger partial charge in [0.05, 0.1) is 17.8 Å². The minimum Gasteiger partial charge on any atom is -0.337 e. The van der Waals surface area contributed by atoms with E-state index in [9.17, 15) is 9.59 Å². The highest BCUT2D eigenvalue weighted by atomic mass is 16.2. The number of carbonyl (C=O) groups is 2. The molecular formula is C20H32N4O2. The van der Waals surface area contributed by atoms with Crippen LogP contribution in [0.2, 0.25) is 0 Å². The molecule has 1 atom stereocenters. The second-order valence-corrected chi connectivity index (χ2v) is 8.17. The van der Waals surface area contributed by atoms with Crippen molar-refractivity contribution in [2.45, 2.75) is 66.0 Å². The molecule has 1 saturated heterocycles. The van der Waals surface area contributed by atoms with E-state index in [0.29, 0.717) is 36.9 Å². The molecule has 0 unspecified atom stereocenters. The molecule has 2 fully saturated rings. The van der Waals surface area contributed by atoms with Crippen LogP contribution in [0.1, 0.15) is 62.5 Å². The molecule has 0 bridgehead atoms. The van der Waals surface area contributed by atoms with Gasteiger partial charge in [-0.25, -0.2) is 0 Å². The van der Waals surface area contributed by atoms with Crippen molar-refractivity contribution < 1.29 is 9.59 Å². The van der Waals surface area contributed by atoms with E-state index in [-0.39, 0.29) is 17.9 Å². The lowest BCUT2D eigenvalue weighted by Gasteiger charge is -2.34. The van der Waals surface area contributed by atoms with Crippen molar-refractivity contribution in [3.05, 3.63) is 17.5 Å². The van der Waals surface area contributed by atoms with Crippen LogP contribution in [-0.2, 0) is 11.3 Å². The molecule has 1 aliphatic heterocycles. The number of rotatable bonds is 6. The summed E-state index contributed by atoms with van der Waals surface area (Å²) in [6, 6.07) is 0.0977. The Hall–Kier alpha value is -1.85. The summed E-state index contributed by atoms with van der Waals surface area (Å²) in [5.74, 6) is 1.20. The average molecular weight is 361 g/mol. The fourth-order valence-electron chi connectivity index (χ4n) is 3.81. The van der Waals surface area contributed by atoms with E-state index in [1.54, 1.807) is 6.20 Å². The zero-order chi connectivity index (χ0) is 18.8. The molecule has 0 spiro atoms. The lowest BCUT2D eigenvalue weighted by Crippen LogP contribution is -2.48. The molecule has 6 heteroatoms. The SMILES string of the molecule is CCCn1ncc(C(=O)N2CCC(=O)N(CC3CC3)[C@@H](C(C)C)C2)c1C. The van der Waals surface area contributed by atoms with Gasteiger partial charge in [0.25, 0.3) is 5.91 Å². The van der Waals surface area contributed by atoms with Crippen molar-refractivity contribution in [3.8, 4) is 0 Å². The van der Waals surface area contributed by atoms with Crippen LogP contribution < -0.4 is 0 Å². The molecule has 1 aromatic rings. The lowest BCUT2D eigenvalue weighted by atomic mass is 10.0. The summed E-state index contributed by atoms with van der Waals surface area (Å²) in [5.41, 5.74) is 1.59. The van der Waals surface area contributed by atoms with Crippen LogP contribution in [0, 0.1) is 18.8 Å². The molecule has 144 valence electrons. The second-order valence-electron chi connectivity index (χ2n) is 8.17. The van der Waals surface area contributed by atoms with Gasteiger partial charge in [0.2, 0.25) is 5.91 Å². The second kappa shape index (κ2) is 7.80. The Morgan fingerprint density at radius 3 is 2.69 bits per heavy atom. The number of aryl methyl sites for hydroxylation is 1. The number of amides is 2. The van der Waals surface area contributed by atoms with E-state index in [4.69, 9.17) is 0 Å². The highest BCUT2D eigenvalue weighted by Crippen LogP contribution is 2.32.